The van der Waals surface area contributed by atoms with Gasteiger partial charge in [-0.1, -0.05) is 24.3 Å². The molecule has 10 heteroatoms. The Morgan fingerprint density at radius 1 is 1.03 bits per heavy atom. The Labute approximate surface area is 196 Å². The van der Waals surface area contributed by atoms with Crippen LogP contribution in [0.15, 0.2) is 77.9 Å². The summed E-state index contributed by atoms with van der Waals surface area (Å²) in [6.45, 7) is -0.435. The molecular weight excluding hydrogens is 529 g/mol. The van der Waals surface area contributed by atoms with Gasteiger partial charge in [0.05, 0.1) is 16.7 Å². The molecule has 32 heavy (non-hydrogen) atoms. The van der Waals surface area contributed by atoms with Crippen molar-refractivity contribution in [1.82, 2.24) is 5.43 Å². The minimum Gasteiger partial charge on any atom is -0.477 e. The number of nitro groups is 1. The molecule has 162 valence electrons. The van der Waals surface area contributed by atoms with Gasteiger partial charge in [-0.2, -0.15) is 5.10 Å². The van der Waals surface area contributed by atoms with Crippen LogP contribution in [-0.4, -0.2) is 29.6 Å². The molecular formula is C22H16IN3O6. The van der Waals surface area contributed by atoms with Crippen LogP contribution in [0.25, 0.3) is 0 Å². The number of ether oxygens (including phenoxy) is 2. The zero-order chi connectivity index (χ0) is 22.9. The van der Waals surface area contributed by atoms with E-state index in [0.29, 0.717) is 16.9 Å². The Kier molecular flexibility index (Phi) is 7.86. The molecule has 3 rings (SSSR count). The van der Waals surface area contributed by atoms with Gasteiger partial charge in [0.1, 0.15) is 5.75 Å². The number of nitro benzene ring substituents is 1. The molecule has 1 amide bonds. The van der Waals surface area contributed by atoms with Crippen LogP contribution in [0.3, 0.4) is 0 Å². The molecule has 0 aliphatic heterocycles. The maximum Gasteiger partial charge on any atom is 0.344 e. The van der Waals surface area contributed by atoms with E-state index in [1.165, 1.54) is 24.4 Å². The van der Waals surface area contributed by atoms with Crippen LogP contribution < -0.4 is 14.9 Å². The lowest BCUT2D eigenvalue weighted by molar-refractivity contribution is -0.385. The quantitative estimate of drug-likeness (QED) is 0.114. The van der Waals surface area contributed by atoms with Crippen molar-refractivity contribution in [3.05, 3.63) is 97.6 Å². The van der Waals surface area contributed by atoms with Crippen molar-refractivity contribution in [2.45, 2.75) is 0 Å². The zero-order valence-electron chi connectivity index (χ0n) is 16.4. The molecule has 0 bridgehead atoms. The van der Waals surface area contributed by atoms with E-state index in [1.807, 2.05) is 12.1 Å². The maximum absolute atomic E-state index is 12.2. The molecule has 0 unspecified atom stereocenters. The van der Waals surface area contributed by atoms with E-state index in [2.05, 4.69) is 33.1 Å². The van der Waals surface area contributed by atoms with Crippen molar-refractivity contribution in [3.8, 4) is 11.5 Å². The lowest BCUT2D eigenvalue weighted by Crippen LogP contribution is -2.24. The number of carbonyl (C=O) groups excluding carboxylic acids is 2. The van der Waals surface area contributed by atoms with Crippen LogP contribution in [0.5, 0.6) is 11.5 Å². The first-order valence-corrected chi connectivity index (χ1v) is 10.3. The van der Waals surface area contributed by atoms with Crippen LogP contribution in [-0.2, 0) is 4.79 Å². The van der Waals surface area contributed by atoms with Crippen LogP contribution in [0.4, 0.5) is 5.69 Å². The highest BCUT2D eigenvalue weighted by molar-refractivity contribution is 14.1. The van der Waals surface area contributed by atoms with Gasteiger partial charge in [-0.25, -0.2) is 10.2 Å². The van der Waals surface area contributed by atoms with Crippen molar-refractivity contribution in [2.24, 2.45) is 5.10 Å². The van der Waals surface area contributed by atoms with Crippen LogP contribution in [0, 0.1) is 13.7 Å². The van der Waals surface area contributed by atoms with E-state index in [1.54, 1.807) is 42.5 Å². The number of carbonyl (C=O) groups is 2. The van der Waals surface area contributed by atoms with Gasteiger partial charge < -0.3 is 9.47 Å². The van der Waals surface area contributed by atoms with Gasteiger partial charge in [0.2, 0.25) is 0 Å². The number of amides is 1. The highest BCUT2D eigenvalue weighted by Gasteiger charge is 2.15. The molecule has 9 nitrogen and oxygen atoms in total. The Hall–Kier alpha value is -3.80. The summed E-state index contributed by atoms with van der Waals surface area (Å²) < 4.78 is 11.3. The lowest BCUT2D eigenvalue weighted by atomic mass is 10.2. The molecule has 1 N–H and O–H groups in total. The summed E-state index contributed by atoms with van der Waals surface area (Å²) in [5.74, 6) is -0.676. The molecule has 0 radical (unpaired) electrons. The highest BCUT2D eigenvalue weighted by Crippen LogP contribution is 2.25. The second-order valence-corrected chi connectivity index (χ2v) is 7.41. The van der Waals surface area contributed by atoms with Gasteiger partial charge in [0, 0.05) is 9.64 Å². The number of halogens is 1. The second kappa shape index (κ2) is 11.0. The minimum absolute atomic E-state index is 0.00745. The van der Waals surface area contributed by atoms with Crippen LogP contribution in [0.2, 0.25) is 0 Å². The number of nitrogens with one attached hydrogen (secondary N) is 1. The Balaban J connectivity index is 1.49. The van der Waals surface area contributed by atoms with Gasteiger partial charge >= 0.3 is 11.7 Å². The van der Waals surface area contributed by atoms with E-state index < -0.39 is 23.4 Å². The summed E-state index contributed by atoms with van der Waals surface area (Å²) in [6.07, 6.45) is 1.40. The van der Waals surface area contributed by atoms with Gasteiger partial charge in [-0.15, -0.1) is 0 Å². The van der Waals surface area contributed by atoms with Crippen molar-refractivity contribution >= 4 is 46.4 Å². The van der Waals surface area contributed by atoms with E-state index in [4.69, 9.17) is 9.47 Å². The highest BCUT2D eigenvalue weighted by atomic mass is 127. The Bertz CT molecular complexity index is 1160. The van der Waals surface area contributed by atoms with Crippen molar-refractivity contribution in [2.75, 3.05) is 6.61 Å². The Morgan fingerprint density at radius 3 is 2.44 bits per heavy atom. The number of hydrogen-bond acceptors (Lipinski definition) is 7. The third-order valence-electron chi connectivity index (χ3n) is 4.01. The number of nitrogens with zero attached hydrogens (tertiary/aromatic N) is 2. The number of para-hydroxylation sites is 2. The first-order valence-electron chi connectivity index (χ1n) is 9.19. The summed E-state index contributed by atoms with van der Waals surface area (Å²) in [5.41, 5.74) is 3.17. The average Bonchev–Trinajstić information content (AvgIpc) is 2.79. The van der Waals surface area contributed by atoms with Crippen LogP contribution in [0.1, 0.15) is 15.9 Å². The van der Waals surface area contributed by atoms with Crippen molar-refractivity contribution < 1.29 is 24.0 Å². The fraction of sp³-hybridized carbons (Fsp3) is 0.0455. The summed E-state index contributed by atoms with van der Waals surface area (Å²) in [5, 5.41) is 14.8. The molecule has 0 heterocycles. The third kappa shape index (κ3) is 6.35. The van der Waals surface area contributed by atoms with E-state index in [0.717, 1.165) is 3.57 Å². The molecule has 3 aromatic rings. The fourth-order valence-electron chi connectivity index (χ4n) is 2.50. The summed E-state index contributed by atoms with van der Waals surface area (Å²) in [6, 6.07) is 19.4. The van der Waals surface area contributed by atoms with Gasteiger partial charge in [0.25, 0.3) is 5.91 Å². The Morgan fingerprint density at radius 2 is 1.72 bits per heavy atom. The number of benzene rings is 3. The molecule has 3 aromatic carbocycles. The first-order chi connectivity index (χ1) is 15.4. The average molecular weight is 545 g/mol. The van der Waals surface area contributed by atoms with Gasteiger partial charge in [0.15, 0.2) is 12.4 Å². The minimum atomic E-state index is -0.590. The monoisotopic (exact) mass is 545 g/mol. The molecule has 0 saturated carbocycles. The normalized spacial score (nSPS) is 10.5. The number of rotatable bonds is 8. The zero-order valence-corrected chi connectivity index (χ0v) is 18.6. The standard InChI is InChI=1S/C22H16IN3O6/c23-18-6-2-1-5-17(18)22(28)32-16-11-9-15(10-12-16)13-24-25-21(27)14-31-20-8-4-3-7-19(20)26(29)30/h1-13H,14H2,(H,25,27)/b24-13+. The SMILES string of the molecule is O=C(COc1ccccc1[N+](=O)[O-])N/N=C/c1ccc(OC(=O)c2ccccc2I)cc1. The fourth-order valence-corrected chi connectivity index (χ4v) is 3.10. The van der Waals surface area contributed by atoms with Crippen molar-refractivity contribution in [3.63, 3.8) is 0 Å². The predicted octanol–water partition coefficient (Wildman–Crippen LogP) is 3.95. The van der Waals surface area contributed by atoms with Gasteiger partial charge in [-0.05, 0) is 70.6 Å². The third-order valence-corrected chi connectivity index (χ3v) is 4.95. The number of hydrogen-bond donors (Lipinski definition) is 1. The predicted molar refractivity (Wildman–Crippen MR) is 125 cm³/mol. The second-order valence-electron chi connectivity index (χ2n) is 6.25. The summed E-state index contributed by atoms with van der Waals surface area (Å²) in [7, 11) is 0. The molecule has 0 atom stereocenters. The van der Waals surface area contributed by atoms with E-state index in [-0.39, 0.29) is 11.4 Å². The molecule has 0 aromatic heterocycles. The largest absolute Gasteiger partial charge is 0.477 e. The molecule has 0 aliphatic rings. The van der Waals surface area contributed by atoms with E-state index >= 15 is 0 Å². The summed E-state index contributed by atoms with van der Waals surface area (Å²) >= 11 is 2.07. The molecule has 0 spiro atoms. The molecule has 0 saturated heterocycles. The topological polar surface area (TPSA) is 120 Å². The molecule has 0 aliphatic carbocycles. The van der Waals surface area contributed by atoms with Gasteiger partial charge in [-0.3, -0.25) is 14.9 Å². The van der Waals surface area contributed by atoms with Crippen molar-refractivity contribution in [1.29, 1.82) is 0 Å². The maximum atomic E-state index is 12.2. The molecule has 0 fully saturated rings. The lowest BCUT2D eigenvalue weighted by Gasteiger charge is -2.06. The number of hydrazone groups is 1. The van der Waals surface area contributed by atoms with E-state index in [9.17, 15) is 19.7 Å². The summed E-state index contributed by atoms with van der Waals surface area (Å²) in [4.78, 5) is 34.4. The first kappa shape index (κ1) is 22.9. The number of esters is 1. The smallest absolute Gasteiger partial charge is 0.344 e. The van der Waals surface area contributed by atoms with Crippen LogP contribution >= 0.6 is 22.6 Å².